The van der Waals surface area contributed by atoms with E-state index in [9.17, 15) is 13.2 Å². The van der Waals surface area contributed by atoms with Gasteiger partial charge in [-0.05, 0) is 35.9 Å². The third-order valence-corrected chi connectivity index (χ3v) is 3.70. The fraction of sp³-hybridized carbons (Fsp3) is 0.125. The second-order valence-electron chi connectivity index (χ2n) is 4.13. The number of rotatable bonds is 3. The molecule has 0 atom stereocenters. The second-order valence-corrected chi connectivity index (χ2v) is 5.17. The van der Waals surface area contributed by atoms with Crippen LogP contribution in [0.5, 0.6) is 0 Å². The molecule has 1 nitrogen and oxygen atoms in total. The molecule has 0 aliphatic heterocycles. The molecule has 0 aliphatic rings. The van der Waals surface area contributed by atoms with Crippen molar-refractivity contribution in [2.45, 2.75) is 10.6 Å². The van der Waals surface area contributed by atoms with Crippen molar-refractivity contribution in [1.82, 2.24) is 0 Å². The third-order valence-electron chi connectivity index (χ3n) is 2.66. The molecule has 0 fully saturated rings. The molecule has 5 heteroatoms. The zero-order chi connectivity index (χ0) is 15.2. The lowest BCUT2D eigenvalue weighted by atomic mass is 10.1. The van der Waals surface area contributed by atoms with Gasteiger partial charge in [0.1, 0.15) is 12.4 Å². The summed E-state index contributed by atoms with van der Waals surface area (Å²) >= 11 is 1.29. The van der Waals surface area contributed by atoms with Gasteiger partial charge in [-0.1, -0.05) is 17.9 Å². The van der Waals surface area contributed by atoms with E-state index < -0.39 is 17.5 Å². The summed E-state index contributed by atoms with van der Waals surface area (Å²) in [5.41, 5.74) is 1.23. The molecular formula is C16H11F3OS. The number of benzene rings is 2. The van der Waals surface area contributed by atoms with Crippen LogP contribution in [-0.4, -0.2) is 11.7 Å². The minimum Gasteiger partial charge on any atom is -0.384 e. The molecule has 1 N–H and O–H groups in total. The summed E-state index contributed by atoms with van der Waals surface area (Å²) in [4.78, 5) is 0.569. The molecule has 0 spiro atoms. The van der Waals surface area contributed by atoms with Crippen LogP contribution in [0.2, 0.25) is 0 Å². The Bertz CT molecular complexity index is 704. The quantitative estimate of drug-likeness (QED) is 0.688. The van der Waals surface area contributed by atoms with Gasteiger partial charge in [-0.25, -0.2) is 13.2 Å². The Morgan fingerprint density at radius 1 is 1.00 bits per heavy atom. The minimum absolute atomic E-state index is 0.313. The van der Waals surface area contributed by atoms with E-state index in [1.165, 1.54) is 30.0 Å². The summed E-state index contributed by atoms with van der Waals surface area (Å²) in [6.45, 7) is -0.313. The average molecular weight is 308 g/mol. The van der Waals surface area contributed by atoms with E-state index in [2.05, 4.69) is 11.8 Å². The highest BCUT2D eigenvalue weighted by Gasteiger charge is 2.06. The average Bonchev–Trinajstić information content (AvgIpc) is 2.47. The maximum Gasteiger partial charge on any atom is 0.159 e. The Morgan fingerprint density at radius 3 is 2.52 bits per heavy atom. The lowest BCUT2D eigenvalue weighted by Gasteiger charge is -2.06. The van der Waals surface area contributed by atoms with Crippen molar-refractivity contribution in [2.75, 3.05) is 6.61 Å². The SMILES string of the molecule is OCC#Cc1cc(F)ccc1CSc1ccc(F)c(F)c1. The zero-order valence-corrected chi connectivity index (χ0v) is 11.7. The van der Waals surface area contributed by atoms with Gasteiger partial charge in [-0.2, -0.15) is 0 Å². The molecule has 0 saturated carbocycles. The Kier molecular flexibility index (Phi) is 5.32. The van der Waals surface area contributed by atoms with Crippen LogP contribution in [0, 0.1) is 29.3 Å². The Labute approximate surface area is 124 Å². The summed E-state index contributed by atoms with van der Waals surface area (Å²) < 4.78 is 39.2. The normalized spacial score (nSPS) is 10.1. The molecule has 0 saturated heterocycles. The fourth-order valence-electron chi connectivity index (χ4n) is 1.65. The molecule has 2 aromatic carbocycles. The Balaban J connectivity index is 2.17. The maximum atomic E-state index is 13.2. The van der Waals surface area contributed by atoms with Crippen molar-refractivity contribution < 1.29 is 18.3 Å². The van der Waals surface area contributed by atoms with Crippen LogP contribution in [0.3, 0.4) is 0 Å². The van der Waals surface area contributed by atoms with Gasteiger partial charge in [0.05, 0.1) is 0 Å². The summed E-state index contributed by atoms with van der Waals surface area (Å²) in [5, 5.41) is 8.70. The summed E-state index contributed by atoms with van der Waals surface area (Å²) in [7, 11) is 0. The summed E-state index contributed by atoms with van der Waals surface area (Å²) in [6, 6.07) is 7.84. The number of aliphatic hydroxyl groups excluding tert-OH is 1. The minimum atomic E-state index is -0.903. The predicted molar refractivity (Wildman–Crippen MR) is 76.3 cm³/mol. The second kappa shape index (κ2) is 7.21. The molecule has 2 rings (SSSR count). The van der Waals surface area contributed by atoms with E-state index in [1.54, 1.807) is 6.07 Å². The van der Waals surface area contributed by atoms with Gasteiger partial charge < -0.3 is 5.11 Å². The molecule has 0 heterocycles. The first-order chi connectivity index (χ1) is 10.1. The Morgan fingerprint density at radius 2 is 1.81 bits per heavy atom. The highest BCUT2D eigenvalue weighted by atomic mass is 32.2. The largest absolute Gasteiger partial charge is 0.384 e. The summed E-state index contributed by atoms with van der Waals surface area (Å²) in [5.74, 6) is 3.36. The first-order valence-electron chi connectivity index (χ1n) is 6.06. The van der Waals surface area contributed by atoms with E-state index in [1.807, 2.05) is 0 Å². The first kappa shape index (κ1) is 15.5. The fourth-order valence-corrected chi connectivity index (χ4v) is 2.58. The highest BCUT2D eigenvalue weighted by molar-refractivity contribution is 7.98. The van der Waals surface area contributed by atoms with E-state index >= 15 is 0 Å². The van der Waals surface area contributed by atoms with E-state index in [0.29, 0.717) is 16.2 Å². The smallest absolute Gasteiger partial charge is 0.159 e. The number of aliphatic hydroxyl groups is 1. The van der Waals surface area contributed by atoms with Crippen molar-refractivity contribution in [2.24, 2.45) is 0 Å². The van der Waals surface area contributed by atoms with Gasteiger partial charge >= 0.3 is 0 Å². The predicted octanol–water partition coefficient (Wildman–Crippen LogP) is 3.74. The first-order valence-corrected chi connectivity index (χ1v) is 7.04. The van der Waals surface area contributed by atoms with Crippen molar-refractivity contribution in [3.8, 4) is 11.8 Å². The van der Waals surface area contributed by atoms with Crippen LogP contribution in [0.25, 0.3) is 0 Å². The number of hydrogen-bond acceptors (Lipinski definition) is 2. The van der Waals surface area contributed by atoms with Gasteiger partial charge in [0.15, 0.2) is 11.6 Å². The van der Waals surface area contributed by atoms with Crippen molar-refractivity contribution >= 4 is 11.8 Å². The maximum absolute atomic E-state index is 13.2. The molecule has 0 bridgehead atoms. The standard InChI is InChI=1S/C16H11F3OS/c17-13-4-3-12(11(8-13)2-1-7-20)10-21-14-5-6-15(18)16(19)9-14/h3-6,8-9,20H,7,10H2. The molecule has 0 aromatic heterocycles. The van der Waals surface area contributed by atoms with Crippen molar-refractivity contribution in [1.29, 1.82) is 0 Å². The van der Waals surface area contributed by atoms with Crippen LogP contribution < -0.4 is 0 Å². The van der Waals surface area contributed by atoms with Crippen LogP contribution in [-0.2, 0) is 5.75 Å². The number of hydrogen-bond donors (Lipinski definition) is 1. The van der Waals surface area contributed by atoms with Crippen LogP contribution in [0.15, 0.2) is 41.3 Å². The molecular weight excluding hydrogens is 297 g/mol. The molecule has 2 aromatic rings. The van der Waals surface area contributed by atoms with Crippen LogP contribution in [0.1, 0.15) is 11.1 Å². The van der Waals surface area contributed by atoms with Gasteiger partial charge in [0, 0.05) is 16.2 Å². The molecule has 108 valence electrons. The third kappa shape index (κ3) is 4.28. The van der Waals surface area contributed by atoms with Gasteiger partial charge in [-0.15, -0.1) is 11.8 Å². The zero-order valence-electron chi connectivity index (χ0n) is 10.9. The lowest BCUT2D eigenvalue weighted by molar-refractivity contribution is 0.350. The molecule has 0 unspecified atom stereocenters. The van der Waals surface area contributed by atoms with Crippen molar-refractivity contribution in [3.63, 3.8) is 0 Å². The van der Waals surface area contributed by atoms with Gasteiger partial charge in [0.2, 0.25) is 0 Å². The Hall–Kier alpha value is -1.90. The van der Waals surface area contributed by atoms with Crippen molar-refractivity contribution in [3.05, 3.63) is 65.0 Å². The van der Waals surface area contributed by atoms with Gasteiger partial charge in [-0.3, -0.25) is 0 Å². The monoisotopic (exact) mass is 308 g/mol. The van der Waals surface area contributed by atoms with Gasteiger partial charge in [0.25, 0.3) is 0 Å². The van der Waals surface area contributed by atoms with Crippen LogP contribution >= 0.6 is 11.8 Å². The van der Waals surface area contributed by atoms with E-state index in [-0.39, 0.29) is 6.61 Å². The summed E-state index contributed by atoms with van der Waals surface area (Å²) in [6.07, 6.45) is 0. The van der Waals surface area contributed by atoms with E-state index in [4.69, 9.17) is 5.11 Å². The molecule has 0 aliphatic carbocycles. The number of halogens is 3. The topological polar surface area (TPSA) is 20.2 Å². The molecule has 21 heavy (non-hydrogen) atoms. The van der Waals surface area contributed by atoms with E-state index in [0.717, 1.165) is 17.7 Å². The lowest BCUT2D eigenvalue weighted by Crippen LogP contribution is -1.91. The molecule has 0 amide bonds. The number of thioether (sulfide) groups is 1. The highest BCUT2D eigenvalue weighted by Crippen LogP contribution is 2.26. The van der Waals surface area contributed by atoms with Crippen LogP contribution in [0.4, 0.5) is 13.2 Å². The molecule has 0 radical (unpaired) electrons.